The van der Waals surface area contributed by atoms with Crippen LogP contribution in [0.5, 0.6) is 5.75 Å². The van der Waals surface area contributed by atoms with E-state index in [9.17, 15) is 13.9 Å². The summed E-state index contributed by atoms with van der Waals surface area (Å²) >= 11 is 0. The Labute approximate surface area is 167 Å². The topological polar surface area (TPSA) is 47.3 Å². The minimum atomic E-state index is -1.96. The van der Waals surface area contributed by atoms with Crippen LogP contribution in [-0.2, 0) is 5.60 Å². The van der Waals surface area contributed by atoms with Crippen molar-refractivity contribution in [1.82, 2.24) is 9.78 Å². The van der Waals surface area contributed by atoms with Gasteiger partial charge in [-0.05, 0) is 73.5 Å². The van der Waals surface area contributed by atoms with Gasteiger partial charge in [0.1, 0.15) is 11.6 Å². The van der Waals surface area contributed by atoms with Crippen molar-refractivity contribution in [3.63, 3.8) is 0 Å². The van der Waals surface area contributed by atoms with Crippen molar-refractivity contribution in [2.75, 3.05) is 0 Å². The summed E-state index contributed by atoms with van der Waals surface area (Å²) in [6, 6.07) is 18.0. The van der Waals surface area contributed by atoms with Gasteiger partial charge in [0.25, 0.3) is 6.36 Å². The lowest BCUT2D eigenvalue weighted by molar-refractivity contribution is -0.119. The predicted octanol–water partition coefficient (Wildman–Crippen LogP) is 5.06. The van der Waals surface area contributed by atoms with Crippen LogP contribution in [0.2, 0.25) is 0 Å². The number of fused-ring (bicyclic) bond motifs is 1. The molecule has 2 unspecified atom stereocenters. The van der Waals surface area contributed by atoms with Crippen LogP contribution in [0.4, 0.5) is 8.78 Å². The molecule has 148 valence electrons. The van der Waals surface area contributed by atoms with Gasteiger partial charge >= 0.3 is 0 Å². The second kappa shape index (κ2) is 7.29. The van der Waals surface area contributed by atoms with Gasteiger partial charge in [0.2, 0.25) is 0 Å². The van der Waals surface area contributed by atoms with E-state index in [1.54, 1.807) is 59.4 Å². The number of hydrogen-bond donors (Lipinski definition) is 1. The van der Waals surface area contributed by atoms with Gasteiger partial charge in [0.15, 0.2) is 5.60 Å². The first kappa shape index (κ1) is 19.1. The maximum Gasteiger partial charge on any atom is 0.270 e. The van der Waals surface area contributed by atoms with Crippen LogP contribution in [0, 0.1) is 12.7 Å². The van der Waals surface area contributed by atoms with Crippen molar-refractivity contribution in [3.8, 4) is 11.4 Å². The number of nitrogens with zero attached hydrogens (tertiary/aromatic N) is 2. The minimum absolute atomic E-state index is 0.328. The molecule has 0 radical (unpaired) electrons. The number of hydrogen-bond acceptors (Lipinski definition) is 3. The van der Waals surface area contributed by atoms with Crippen LogP contribution >= 0.6 is 0 Å². The summed E-state index contributed by atoms with van der Waals surface area (Å²) in [5.74, 6) is 0.0223. The van der Waals surface area contributed by atoms with E-state index >= 15 is 0 Å². The van der Waals surface area contributed by atoms with Crippen LogP contribution in [0.1, 0.15) is 18.1 Å². The minimum Gasteiger partial charge on any atom is -0.457 e. The summed E-state index contributed by atoms with van der Waals surface area (Å²) < 4.78 is 35.0. The Hall–Kier alpha value is -3.25. The van der Waals surface area contributed by atoms with E-state index in [4.69, 9.17) is 4.74 Å². The molecule has 1 aromatic heterocycles. The number of aromatic nitrogens is 2. The Kier molecular flexibility index (Phi) is 4.80. The third-order valence-corrected chi connectivity index (χ3v) is 4.89. The second-order valence-corrected chi connectivity index (χ2v) is 7.20. The lowest BCUT2D eigenvalue weighted by atomic mass is 9.95. The molecular formula is C23H20F2N2O2. The molecule has 4 rings (SSSR count). The van der Waals surface area contributed by atoms with Crippen LogP contribution in [0.15, 0.2) is 72.9 Å². The van der Waals surface area contributed by atoms with Crippen molar-refractivity contribution in [2.24, 2.45) is 0 Å². The van der Waals surface area contributed by atoms with Gasteiger partial charge in [-0.3, -0.25) is 0 Å². The summed E-state index contributed by atoms with van der Waals surface area (Å²) in [6.07, 6.45) is -0.346. The third-order valence-electron chi connectivity index (χ3n) is 4.89. The standard InChI is InChI=1S/C23H20F2N2O2/c1-15-4-3-5-20(12-15)29-22(25)23(2,28)17-6-11-21-16(13-17)14-26-27(21)19-9-7-18(24)8-10-19/h3-14,22,28H,1-2H3. The van der Waals surface area contributed by atoms with Crippen molar-refractivity contribution < 1.29 is 18.6 Å². The highest BCUT2D eigenvalue weighted by molar-refractivity contribution is 5.81. The van der Waals surface area contributed by atoms with Crippen LogP contribution in [-0.4, -0.2) is 21.2 Å². The van der Waals surface area contributed by atoms with Gasteiger partial charge in [-0.25, -0.2) is 9.07 Å². The monoisotopic (exact) mass is 394 g/mol. The Morgan fingerprint density at radius 3 is 2.55 bits per heavy atom. The Bertz CT molecular complexity index is 1150. The smallest absolute Gasteiger partial charge is 0.270 e. The van der Waals surface area contributed by atoms with Gasteiger partial charge < -0.3 is 9.84 Å². The molecule has 0 spiro atoms. The molecule has 4 nitrogen and oxygen atoms in total. The highest BCUT2D eigenvalue weighted by atomic mass is 19.1. The Balaban J connectivity index is 1.63. The van der Waals surface area contributed by atoms with E-state index in [0.29, 0.717) is 17.0 Å². The highest BCUT2D eigenvalue weighted by Crippen LogP contribution is 2.32. The van der Waals surface area contributed by atoms with E-state index in [1.807, 2.05) is 13.0 Å². The van der Waals surface area contributed by atoms with Crippen LogP contribution in [0.3, 0.4) is 0 Å². The second-order valence-electron chi connectivity index (χ2n) is 7.20. The zero-order chi connectivity index (χ0) is 20.6. The first-order valence-corrected chi connectivity index (χ1v) is 9.18. The molecule has 0 aliphatic carbocycles. The number of aryl methyl sites for hydroxylation is 1. The number of benzene rings is 3. The number of ether oxygens (including phenoxy) is 1. The van der Waals surface area contributed by atoms with E-state index in [1.165, 1.54) is 19.1 Å². The largest absolute Gasteiger partial charge is 0.457 e. The average molecular weight is 394 g/mol. The maximum absolute atomic E-state index is 14.9. The Morgan fingerprint density at radius 1 is 1.07 bits per heavy atom. The lowest BCUT2D eigenvalue weighted by Gasteiger charge is -2.28. The summed E-state index contributed by atoms with van der Waals surface area (Å²) in [7, 11) is 0. The summed E-state index contributed by atoms with van der Waals surface area (Å²) in [5, 5.41) is 15.9. The first-order chi connectivity index (χ1) is 13.8. The van der Waals surface area contributed by atoms with Crippen LogP contribution in [0.25, 0.3) is 16.6 Å². The SMILES string of the molecule is Cc1cccc(OC(F)C(C)(O)c2ccc3c(cnn3-c3ccc(F)cc3)c2)c1. The van der Waals surface area contributed by atoms with Gasteiger partial charge in [0, 0.05) is 5.39 Å². The van der Waals surface area contributed by atoms with Gasteiger partial charge in [-0.15, -0.1) is 0 Å². The molecule has 3 aromatic carbocycles. The van der Waals surface area contributed by atoms with Gasteiger partial charge in [-0.2, -0.15) is 9.49 Å². The predicted molar refractivity (Wildman–Crippen MR) is 107 cm³/mol. The van der Waals surface area contributed by atoms with Gasteiger partial charge in [0.05, 0.1) is 17.4 Å². The quantitative estimate of drug-likeness (QED) is 0.515. The summed E-state index contributed by atoms with van der Waals surface area (Å²) in [5.41, 5.74) is 0.890. The number of halogens is 2. The zero-order valence-corrected chi connectivity index (χ0v) is 16.0. The van der Waals surface area contributed by atoms with E-state index in [2.05, 4.69) is 5.10 Å². The fraction of sp³-hybridized carbons (Fsp3) is 0.174. The maximum atomic E-state index is 14.9. The highest BCUT2D eigenvalue weighted by Gasteiger charge is 2.36. The van der Waals surface area contributed by atoms with Crippen molar-refractivity contribution in [3.05, 3.63) is 89.9 Å². The first-order valence-electron chi connectivity index (χ1n) is 9.18. The summed E-state index contributed by atoms with van der Waals surface area (Å²) in [6.45, 7) is 3.25. The third kappa shape index (κ3) is 3.71. The average Bonchev–Trinajstić information content (AvgIpc) is 3.12. The molecule has 4 aromatic rings. The number of alkyl halides is 1. The fourth-order valence-corrected chi connectivity index (χ4v) is 3.19. The molecular weight excluding hydrogens is 374 g/mol. The normalized spacial score (nSPS) is 14.5. The van der Waals surface area contributed by atoms with Crippen LogP contribution < -0.4 is 4.74 Å². The molecule has 1 heterocycles. The molecule has 1 N–H and O–H groups in total. The number of rotatable bonds is 5. The van der Waals surface area contributed by atoms with Gasteiger partial charge in [-0.1, -0.05) is 18.2 Å². The molecule has 0 saturated heterocycles. The van der Waals surface area contributed by atoms with E-state index in [-0.39, 0.29) is 5.82 Å². The molecule has 6 heteroatoms. The molecule has 0 aliphatic rings. The van der Waals surface area contributed by atoms with Crippen molar-refractivity contribution in [2.45, 2.75) is 25.8 Å². The van der Waals surface area contributed by atoms with E-state index < -0.39 is 12.0 Å². The molecule has 0 fully saturated rings. The zero-order valence-electron chi connectivity index (χ0n) is 16.0. The molecule has 29 heavy (non-hydrogen) atoms. The Morgan fingerprint density at radius 2 is 1.83 bits per heavy atom. The molecule has 2 atom stereocenters. The molecule has 0 aliphatic heterocycles. The molecule has 0 bridgehead atoms. The van der Waals surface area contributed by atoms with Crippen molar-refractivity contribution >= 4 is 10.9 Å². The lowest BCUT2D eigenvalue weighted by Crippen LogP contribution is -2.37. The molecule has 0 amide bonds. The fourth-order valence-electron chi connectivity index (χ4n) is 3.19. The summed E-state index contributed by atoms with van der Waals surface area (Å²) in [4.78, 5) is 0. The number of aliphatic hydroxyl groups is 1. The molecule has 0 saturated carbocycles. The van der Waals surface area contributed by atoms with E-state index in [0.717, 1.165) is 16.5 Å². The van der Waals surface area contributed by atoms with Crippen molar-refractivity contribution in [1.29, 1.82) is 0 Å².